The van der Waals surface area contributed by atoms with Crippen molar-refractivity contribution >= 4 is 0 Å². The van der Waals surface area contributed by atoms with Crippen molar-refractivity contribution in [1.29, 1.82) is 0 Å². The maximum Gasteiger partial charge on any atom is 0.228 e. The quantitative estimate of drug-likeness (QED) is 0.855. The van der Waals surface area contributed by atoms with Gasteiger partial charge in [-0.25, -0.2) is 0 Å². The van der Waals surface area contributed by atoms with E-state index >= 15 is 0 Å². The number of aromatic nitrogens is 2. The Hall–Kier alpha value is -0.940. The highest BCUT2D eigenvalue weighted by Crippen LogP contribution is 2.36. The van der Waals surface area contributed by atoms with Crippen LogP contribution in [0.5, 0.6) is 0 Å². The zero-order valence-corrected chi connectivity index (χ0v) is 12.0. The Morgan fingerprint density at radius 2 is 2.32 bits per heavy atom. The molecule has 5 heteroatoms. The SMILES string of the molecule is CCC1CCCC(c2noc(CC(N)COC)n2)C1. The molecule has 0 bridgehead atoms. The first kappa shape index (κ1) is 14.5. The van der Waals surface area contributed by atoms with Crippen molar-refractivity contribution in [2.45, 2.75) is 57.4 Å². The molecule has 2 rings (SSSR count). The van der Waals surface area contributed by atoms with Crippen LogP contribution in [-0.4, -0.2) is 29.9 Å². The molecule has 3 unspecified atom stereocenters. The summed E-state index contributed by atoms with van der Waals surface area (Å²) in [6.45, 7) is 2.78. The Morgan fingerprint density at radius 3 is 3.05 bits per heavy atom. The summed E-state index contributed by atoms with van der Waals surface area (Å²) in [5.74, 6) is 2.79. The van der Waals surface area contributed by atoms with Crippen molar-refractivity contribution in [2.24, 2.45) is 11.7 Å². The number of ether oxygens (including phenoxy) is 1. The first-order valence-electron chi connectivity index (χ1n) is 7.29. The van der Waals surface area contributed by atoms with Crippen LogP contribution < -0.4 is 5.73 Å². The second kappa shape index (κ2) is 7.01. The van der Waals surface area contributed by atoms with Gasteiger partial charge in [0.15, 0.2) is 5.82 Å². The van der Waals surface area contributed by atoms with Crippen molar-refractivity contribution in [3.8, 4) is 0 Å². The molecular weight excluding hydrogens is 242 g/mol. The average molecular weight is 267 g/mol. The summed E-state index contributed by atoms with van der Waals surface area (Å²) in [5, 5.41) is 4.14. The van der Waals surface area contributed by atoms with Gasteiger partial charge in [0, 0.05) is 25.5 Å². The number of methoxy groups -OCH3 is 1. The highest BCUT2D eigenvalue weighted by atomic mass is 16.5. The standard InChI is InChI=1S/C14H25N3O2/c1-3-10-5-4-6-11(7-10)14-16-13(19-17-14)8-12(15)9-18-2/h10-12H,3-9,15H2,1-2H3. The monoisotopic (exact) mass is 267 g/mol. The zero-order chi connectivity index (χ0) is 13.7. The molecule has 1 heterocycles. The number of nitrogens with zero attached hydrogens (tertiary/aromatic N) is 2. The molecule has 0 aromatic carbocycles. The fourth-order valence-electron chi connectivity index (χ4n) is 2.91. The lowest BCUT2D eigenvalue weighted by Gasteiger charge is -2.26. The van der Waals surface area contributed by atoms with Gasteiger partial charge in [0.05, 0.1) is 6.61 Å². The maximum atomic E-state index is 5.89. The molecular formula is C14H25N3O2. The number of hydrogen-bond donors (Lipinski definition) is 1. The summed E-state index contributed by atoms with van der Waals surface area (Å²) in [7, 11) is 1.64. The van der Waals surface area contributed by atoms with Gasteiger partial charge in [0.25, 0.3) is 0 Å². The third-order valence-corrected chi connectivity index (χ3v) is 4.03. The first-order chi connectivity index (χ1) is 9.22. The molecule has 1 aromatic heterocycles. The second-order valence-corrected chi connectivity index (χ2v) is 5.60. The third-order valence-electron chi connectivity index (χ3n) is 4.03. The normalized spacial score (nSPS) is 25.4. The molecule has 0 aliphatic heterocycles. The van der Waals surface area contributed by atoms with E-state index in [1.165, 1.54) is 32.1 Å². The van der Waals surface area contributed by atoms with Crippen molar-refractivity contribution in [2.75, 3.05) is 13.7 Å². The molecule has 19 heavy (non-hydrogen) atoms. The van der Waals surface area contributed by atoms with Crippen LogP contribution in [0.15, 0.2) is 4.52 Å². The second-order valence-electron chi connectivity index (χ2n) is 5.60. The molecule has 1 saturated carbocycles. The third kappa shape index (κ3) is 4.01. The summed E-state index contributed by atoms with van der Waals surface area (Å²) in [6.07, 6.45) is 6.83. The van der Waals surface area contributed by atoms with Gasteiger partial charge in [-0.05, 0) is 18.8 Å². The van der Waals surface area contributed by atoms with Gasteiger partial charge in [-0.15, -0.1) is 0 Å². The minimum absolute atomic E-state index is 0.0759. The van der Waals surface area contributed by atoms with E-state index in [0.29, 0.717) is 24.8 Å². The van der Waals surface area contributed by atoms with E-state index in [9.17, 15) is 0 Å². The molecule has 0 radical (unpaired) electrons. The summed E-state index contributed by atoms with van der Waals surface area (Å²) >= 11 is 0. The van der Waals surface area contributed by atoms with Crippen molar-refractivity contribution in [3.05, 3.63) is 11.7 Å². The van der Waals surface area contributed by atoms with Crippen LogP contribution >= 0.6 is 0 Å². The molecule has 1 aliphatic rings. The van der Waals surface area contributed by atoms with E-state index in [1.54, 1.807) is 7.11 Å². The van der Waals surface area contributed by atoms with Crippen molar-refractivity contribution < 1.29 is 9.26 Å². The lowest BCUT2D eigenvalue weighted by molar-refractivity contribution is 0.176. The molecule has 1 aromatic rings. The van der Waals surface area contributed by atoms with E-state index < -0.39 is 0 Å². The Balaban J connectivity index is 1.92. The van der Waals surface area contributed by atoms with E-state index in [-0.39, 0.29) is 6.04 Å². The Bertz CT molecular complexity index is 381. The zero-order valence-electron chi connectivity index (χ0n) is 12.0. The lowest BCUT2D eigenvalue weighted by Crippen LogP contribution is -2.28. The fraction of sp³-hybridized carbons (Fsp3) is 0.857. The average Bonchev–Trinajstić information content (AvgIpc) is 2.87. The molecule has 108 valence electrons. The predicted molar refractivity (Wildman–Crippen MR) is 72.8 cm³/mol. The maximum absolute atomic E-state index is 5.89. The minimum Gasteiger partial charge on any atom is -0.383 e. The molecule has 1 aliphatic carbocycles. The van der Waals surface area contributed by atoms with Crippen LogP contribution in [0.3, 0.4) is 0 Å². The highest BCUT2D eigenvalue weighted by Gasteiger charge is 2.26. The van der Waals surface area contributed by atoms with E-state index in [0.717, 1.165) is 11.7 Å². The number of hydrogen-bond acceptors (Lipinski definition) is 5. The predicted octanol–water partition coefficient (Wildman–Crippen LogP) is 2.27. The van der Waals surface area contributed by atoms with Crippen LogP contribution in [0.25, 0.3) is 0 Å². The molecule has 2 N–H and O–H groups in total. The Labute approximate surface area is 114 Å². The van der Waals surface area contributed by atoms with Crippen LogP contribution in [0.4, 0.5) is 0 Å². The highest BCUT2D eigenvalue weighted by molar-refractivity contribution is 4.99. The minimum atomic E-state index is -0.0759. The van der Waals surface area contributed by atoms with Gasteiger partial charge in [-0.2, -0.15) is 4.98 Å². The molecule has 0 saturated heterocycles. The van der Waals surface area contributed by atoms with Gasteiger partial charge in [0.2, 0.25) is 5.89 Å². The fourth-order valence-corrected chi connectivity index (χ4v) is 2.91. The summed E-state index contributed by atoms with van der Waals surface area (Å²) in [6, 6.07) is -0.0759. The first-order valence-corrected chi connectivity index (χ1v) is 7.29. The topological polar surface area (TPSA) is 74.2 Å². The summed E-state index contributed by atoms with van der Waals surface area (Å²) in [5.41, 5.74) is 5.89. The Morgan fingerprint density at radius 1 is 1.47 bits per heavy atom. The number of nitrogens with two attached hydrogens (primary N) is 1. The van der Waals surface area contributed by atoms with Crippen molar-refractivity contribution in [3.63, 3.8) is 0 Å². The summed E-state index contributed by atoms with van der Waals surface area (Å²) in [4.78, 5) is 4.51. The lowest BCUT2D eigenvalue weighted by atomic mass is 9.80. The molecule has 5 nitrogen and oxygen atoms in total. The van der Waals surface area contributed by atoms with Gasteiger partial charge in [0.1, 0.15) is 0 Å². The van der Waals surface area contributed by atoms with E-state index in [2.05, 4.69) is 17.1 Å². The van der Waals surface area contributed by atoms with Crippen LogP contribution in [0, 0.1) is 5.92 Å². The molecule has 1 fully saturated rings. The molecule has 3 atom stereocenters. The van der Waals surface area contributed by atoms with E-state index in [1.807, 2.05) is 0 Å². The van der Waals surface area contributed by atoms with Gasteiger partial charge >= 0.3 is 0 Å². The van der Waals surface area contributed by atoms with Gasteiger partial charge in [-0.3, -0.25) is 0 Å². The molecule has 0 spiro atoms. The smallest absolute Gasteiger partial charge is 0.228 e. The van der Waals surface area contributed by atoms with Crippen LogP contribution in [-0.2, 0) is 11.2 Å². The van der Waals surface area contributed by atoms with Gasteiger partial charge < -0.3 is 15.0 Å². The Kier molecular flexibility index (Phi) is 5.34. The van der Waals surface area contributed by atoms with Crippen LogP contribution in [0.2, 0.25) is 0 Å². The van der Waals surface area contributed by atoms with Crippen molar-refractivity contribution in [1.82, 2.24) is 10.1 Å². The number of rotatable bonds is 6. The van der Waals surface area contributed by atoms with Gasteiger partial charge in [-0.1, -0.05) is 31.3 Å². The summed E-state index contributed by atoms with van der Waals surface area (Å²) < 4.78 is 10.3. The molecule has 0 amide bonds. The largest absolute Gasteiger partial charge is 0.383 e. The van der Waals surface area contributed by atoms with Crippen LogP contribution in [0.1, 0.15) is 56.7 Å². The van der Waals surface area contributed by atoms with E-state index in [4.69, 9.17) is 15.0 Å².